The Labute approximate surface area is 121 Å². The van der Waals surface area contributed by atoms with Gasteiger partial charge in [0, 0.05) is 24.4 Å². The van der Waals surface area contributed by atoms with Crippen molar-refractivity contribution in [3.63, 3.8) is 0 Å². The van der Waals surface area contributed by atoms with Crippen LogP contribution in [0.25, 0.3) is 16.5 Å². The van der Waals surface area contributed by atoms with E-state index < -0.39 is 0 Å². The highest BCUT2D eigenvalue weighted by Crippen LogP contribution is 2.29. The Hall–Kier alpha value is -2.44. The Kier molecular flexibility index (Phi) is 3.55. The number of methoxy groups -OCH3 is 1. The molecule has 3 rings (SSSR count). The van der Waals surface area contributed by atoms with E-state index in [1.807, 2.05) is 24.3 Å². The molecular formula is C15H16N4O2. The first-order valence-corrected chi connectivity index (χ1v) is 6.59. The predicted molar refractivity (Wildman–Crippen MR) is 79.1 cm³/mol. The second-order valence-electron chi connectivity index (χ2n) is 4.68. The van der Waals surface area contributed by atoms with Gasteiger partial charge >= 0.3 is 0 Å². The minimum Gasteiger partial charge on any atom is -0.507 e. The number of phenols is 1. The van der Waals surface area contributed by atoms with Crippen molar-refractivity contribution in [3.05, 3.63) is 47.8 Å². The fourth-order valence-electron chi connectivity index (χ4n) is 2.43. The lowest BCUT2D eigenvalue weighted by molar-refractivity contribution is 0.178. The Morgan fingerprint density at radius 3 is 2.71 bits per heavy atom. The van der Waals surface area contributed by atoms with Crippen LogP contribution < -0.4 is 5.73 Å². The van der Waals surface area contributed by atoms with E-state index in [1.165, 1.54) is 0 Å². The van der Waals surface area contributed by atoms with Gasteiger partial charge in [-0.05, 0) is 12.1 Å². The molecule has 0 saturated carbocycles. The van der Waals surface area contributed by atoms with Crippen LogP contribution in [0.3, 0.4) is 0 Å². The lowest BCUT2D eigenvalue weighted by atomic mass is 10.1. The van der Waals surface area contributed by atoms with Crippen LogP contribution in [0.1, 0.15) is 11.4 Å². The average molecular weight is 284 g/mol. The number of rotatable bonds is 4. The minimum absolute atomic E-state index is 0.238. The molecule has 3 N–H and O–H groups in total. The summed E-state index contributed by atoms with van der Waals surface area (Å²) in [7, 11) is 1.62. The molecule has 0 amide bonds. The maximum atomic E-state index is 9.98. The highest BCUT2D eigenvalue weighted by atomic mass is 16.5. The highest BCUT2D eigenvalue weighted by molar-refractivity contribution is 5.94. The largest absolute Gasteiger partial charge is 0.507 e. The van der Waals surface area contributed by atoms with Gasteiger partial charge in [0.15, 0.2) is 0 Å². The second kappa shape index (κ2) is 5.51. The van der Waals surface area contributed by atoms with Crippen molar-refractivity contribution in [3.8, 4) is 11.4 Å². The molecular weight excluding hydrogens is 268 g/mol. The molecule has 1 heterocycles. The van der Waals surface area contributed by atoms with Crippen molar-refractivity contribution in [2.75, 3.05) is 7.11 Å². The summed E-state index contributed by atoms with van der Waals surface area (Å²) < 4.78 is 6.94. The maximum Gasteiger partial charge on any atom is 0.123 e. The lowest BCUT2D eigenvalue weighted by Gasteiger charge is -2.10. The van der Waals surface area contributed by atoms with Gasteiger partial charge in [0.25, 0.3) is 0 Å². The Morgan fingerprint density at radius 1 is 1.19 bits per heavy atom. The van der Waals surface area contributed by atoms with Crippen LogP contribution in [0.2, 0.25) is 0 Å². The molecule has 0 radical (unpaired) electrons. The molecule has 6 nitrogen and oxygen atoms in total. The molecule has 6 heteroatoms. The number of hydrogen-bond donors (Lipinski definition) is 2. The zero-order valence-corrected chi connectivity index (χ0v) is 11.7. The quantitative estimate of drug-likeness (QED) is 0.762. The van der Waals surface area contributed by atoms with Crippen molar-refractivity contribution in [2.24, 2.45) is 5.73 Å². The van der Waals surface area contributed by atoms with E-state index in [0.717, 1.165) is 22.2 Å². The minimum atomic E-state index is 0.238. The molecule has 1 aromatic heterocycles. The van der Waals surface area contributed by atoms with Crippen LogP contribution in [-0.2, 0) is 17.9 Å². The van der Waals surface area contributed by atoms with Crippen molar-refractivity contribution in [1.82, 2.24) is 15.0 Å². The maximum absolute atomic E-state index is 9.98. The molecule has 0 aliphatic rings. The van der Waals surface area contributed by atoms with Gasteiger partial charge in [0.05, 0.1) is 18.0 Å². The van der Waals surface area contributed by atoms with Crippen LogP contribution in [0, 0.1) is 0 Å². The summed E-state index contributed by atoms with van der Waals surface area (Å²) in [5, 5.41) is 19.9. The SMILES string of the molecule is COCc1c(CN)nnn1-c1cccc2c(O)cccc12. The van der Waals surface area contributed by atoms with Gasteiger partial charge in [-0.3, -0.25) is 0 Å². The molecule has 21 heavy (non-hydrogen) atoms. The zero-order valence-electron chi connectivity index (χ0n) is 11.7. The molecule has 0 bridgehead atoms. The van der Waals surface area contributed by atoms with E-state index >= 15 is 0 Å². The number of benzene rings is 2. The predicted octanol–water partition coefficient (Wildman–Crippen LogP) is 1.73. The van der Waals surface area contributed by atoms with Crippen LogP contribution in [0.15, 0.2) is 36.4 Å². The van der Waals surface area contributed by atoms with Gasteiger partial charge in [-0.15, -0.1) is 5.10 Å². The summed E-state index contributed by atoms with van der Waals surface area (Å²) >= 11 is 0. The van der Waals surface area contributed by atoms with E-state index in [0.29, 0.717) is 18.8 Å². The molecule has 0 atom stereocenters. The van der Waals surface area contributed by atoms with Crippen LogP contribution in [0.4, 0.5) is 0 Å². The van der Waals surface area contributed by atoms with Gasteiger partial charge in [0.1, 0.15) is 11.4 Å². The van der Waals surface area contributed by atoms with Gasteiger partial charge in [-0.2, -0.15) is 0 Å². The number of ether oxygens (including phenoxy) is 1. The number of hydrogen-bond acceptors (Lipinski definition) is 5. The number of aromatic nitrogens is 3. The number of nitrogens with two attached hydrogens (primary N) is 1. The molecule has 2 aromatic carbocycles. The molecule has 3 aromatic rings. The molecule has 108 valence electrons. The lowest BCUT2D eigenvalue weighted by Crippen LogP contribution is -2.07. The van der Waals surface area contributed by atoms with E-state index in [4.69, 9.17) is 10.5 Å². The van der Waals surface area contributed by atoms with Crippen molar-refractivity contribution < 1.29 is 9.84 Å². The summed E-state index contributed by atoms with van der Waals surface area (Å²) in [5.74, 6) is 0.238. The number of phenolic OH excluding ortho intramolecular Hbond substituents is 1. The molecule has 0 aliphatic carbocycles. The summed E-state index contributed by atoms with van der Waals surface area (Å²) in [6, 6.07) is 11.1. The zero-order chi connectivity index (χ0) is 14.8. The third-order valence-corrected chi connectivity index (χ3v) is 3.42. The van der Waals surface area contributed by atoms with Crippen LogP contribution in [0.5, 0.6) is 5.75 Å². The van der Waals surface area contributed by atoms with Crippen molar-refractivity contribution in [2.45, 2.75) is 13.2 Å². The van der Waals surface area contributed by atoms with Crippen LogP contribution in [-0.4, -0.2) is 27.2 Å². The molecule has 0 unspecified atom stereocenters. The monoisotopic (exact) mass is 284 g/mol. The number of aromatic hydroxyl groups is 1. The van der Waals surface area contributed by atoms with E-state index in [9.17, 15) is 5.11 Å². The molecule has 0 spiro atoms. The van der Waals surface area contributed by atoms with Gasteiger partial charge in [0.2, 0.25) is 0 Å². The number of fused-ring (bicyclic) bond motifs is 1. The first-order valence-electron chi connectivity index (χ1n) is 6.59. The molecule has 0 saturated heterocycles. The summed E-state index contributed by atoms with van der Waals surface area (Å²) in [6.07, 6.45) is 0. The Bertz CT molecular complexity index is 782. The van der Waals surface area contributed by atoms with Gasteiger partial charge < -0.3 is 15.6 Å². The third kappa shape index (κ3) is 2.24. The fourth-order valence-corrected chi connectivity index (χ4v) is 2.43. The number of nitrogens with zero attached hydrogens (tertiary/aromatic N) is 3. The fraction of sp³-hybridized carbons (Fsp3) is 0.200. The summed E-state index contributed by atoms with van der Waals surface area (Å²) in [5.41, 5.74) is 8.05. The van der Waals surface area contributed by atoms with Crippen molar-refractivity contribution in [1.29, 1.82) is 0 Å². The Morgan fingerprint density at radius 2 is 1.95 bits per heavy atom. The smallest absolute Gasteiger partial charge is 0.123 e. The third-order valence-electron chi connectivity index (χ3n) is 3.42. The molecule has 0 fully saturated rings. The highest BCUT2D eigenvalue weighted by Gasteiger charge is 2.15. The second-order valence-corrected chi connectivity index (χ2v) is 4.68. The van der Waals surface area contributed by atoms with Gasteiger partial charge in [-0.1, -0.05) is 29.5 Å². The summed E-state index contributed by atoms with van der Waals surface area (Å²) in [6.45, 7) is 0.670. The van der Waals surface area contributed by atoms with E-state index in [-0.39, 0.29) is 5.75 Å². The standard InChI is InChI=1S/C15H16N4O2/c1-21-9-14-12(8-16)17-18-19(14)13-6-2-5-11-10(13)4-3-7-15(11)20/h2-7,20H,8-9,16H2,1H3. The topological polar surface area (TPSA) is 86.2 Å². The first kappa shape index (κ1) is 13.5. The van der Waals surface area contributed by atoms with E-state index in [2.05, 4.69) is 10.3 Å². The van der Waals surface area contributed by atoms with E-state index in [1.54, 1.807) is 23.9 Å². The van der Waals surface area contributed by atoms with Crippen molar-refractivity contribution >= 4 is 10.8 Å². The van der Waals surface area contributed by atoms with Crippen LogP contribution >= 0.6 is 0 Å². The average Bonchev–Trinajstić information content (AvgIpc) is 2.90. The normalized spacial score (nSPS) is 11.1. The Balaban J connectivity index is 2.26. The first-order chi connectivity index (χ1) is 10.3. The molecule has 0 aliphatic heterocycles. The summed E-state index contributed by atoms with van der Waals surface area (Å²) in [4.78, 5) is 0. The van der Waals surface area contributed by atoms with Gasteiger partial charge in [-0.25, -0.2) is 4.68 Å².